The fourth-order valence-corrected chi connectivity index (χ4v) is 2.89. The molecule has 1 aliphatic rings. The predicted molar refractivity (Wildman–Crippen MR) is 91.1 cm³/mol. The molecule has 0 bridgehead atoms. The molecule has 0 fully saturated rings. The second-order valence-electron chi connectivity index (χ2n) is 5.68. The van der Waals surface area contributed by atoms with Crippen LogP contribution in [0.25, 0.3) is 0 Å². The van der Waals surface area contributed by atoms with Crippen molar-refractivity contribution in [1.82, 2.24) is 0 Å². The van der Waals surface area contributed by atoms with Crippen LogP contribution in [0.5, 0.6) is 23.0 Å². The first kappa shape index (κ1) is 17.0. The molecule has 25 heavy (non-hydrogen) atoms. The van der Waals surface area contributed by atoms with E-state index in [1.807, 2.05) is 0 Å². The summed E-state index contributed by atoms with van der Waals surface area (Å²) < 4.78 is 21.7. The standard InChI is InChI=1S/C19H20O6/c1-22-14-4-6-16(23-2)13(9-14)10-15(19(20)21)12-3-5-17-18(11-12)25-8-7-24-17/h3-6,9,11,15H,7-8,10H2,1-2H3,(H,20,21). The molecule has 0 saturated heterocycles. The Hall–Kier alpha value is -2.89. The van der Waals surface area contributed by atoms with Crippen LogP contribution in [0.15, 0.2) is 36.4 Å². The second-order valence-corrected chi connectivity index (χ2v) is 5.68. The Kier molecular flexibility index (Phi) is 4.97. The highest BCUT2D eigenvalue weighted by Crippen LogP contribution is 2.35. The van der Waals surface area contributed by atoms with E-state index in [0.29, 0.717) is 41.8 Å². The van der Waals surface area contributed by atoms with Gasteiger partial charge in [-0.25, -0.2) is 0 Å². The summed E-state index contributed by atoms with van der Waals surface area (Å²) in [5.41, 5.74) is 1.42. The van der Waals surface area contributed by atoms with Gasteiger partial charge in [-0.15, -0.1) is 0 Å². The minimum Gasteiger partial charge on any atom is -0.497 e. The quantitative estimate of drug-likeness (QED) is 0.868. The molecule has 2 aromatic rings. The molecule has 6 heteroatoms. The maximum Gasteiger partial charge on any atom is 0.311 e. The summed E-state index contributed by atoms with van der Waals surface area (Å²) in [6, 6.07) is 10.6. The number of ether oxygens (including phenoxy) is 4. The van der Waals surface area contributed by atoms with E-state index in [9.17, 15) is 9.90 Å². The minimum absolute atomic E-state index is 0.273. The van der Waals surface area contributed by atoms with Crippen molar-refractivity contribution in [3.8, 4) is 23.0 Å². The fraction of sp³-hybridized carbons (Fsp3) is 0.316. The molecule has 1 aliphatic heterocycles. The van der Waals surface area contributed by atoms with Crippen LogP contribution < -0.4 is 18.9 Å². The third kappa shape index (κ3) is 3.63. The van der Waals surface area contributed by atoms with Gasteiger partial charge in [-0.1, -0.05) is 6.07 Å². The first-order valence-corrected chi connectivity index (χ1v) is 7.95. The lowest BCUT2D eigenvalue weighted by Crippen LogP contribution is -2.18. The Balaban J connectivity index is 1.93. The van der Waals surface area contributed by atoms with Crippen LogP contribution >= 0.6 is 0 Å². The zero-order valence-corrected chi connectivity index (χ0v) is 14.2. The molecule has 132 valence electrons. The Morgan fingerprint density at radius 2 is 1.84 bits per heavy atom. The highest BCUT2D eigenvalue weighted by atomic mass is 16.6. The van der Waals surface area contributed by atoms with E-state index < -0.39 is 11.9 Å². The topological polar surface area (TPSA) is 74.2 Å². The van der Waals surface area contributed by atoms with Crippen molar-refractivity contribution in [3.63, 3.8) is 0 Å². The number of carboxylic acid groups (broad SMARTS) is 1. The summed E-state index contributed by atoms with van der Waals surface area (Å²) in [7, 11) is 3.13. The summed E-state index contributed by atoms with van der Waals surface area (Å²) in [6.07, 6.45) is 0.273. The highest BCUT2D eigenvalue weighted by molar-refractivity contribution is 5.77. The SMILES string of the molecule is COc1ccc(OC)c(CC(C(=O)O)c2ccc3c(c2)OCCO3)c1. The van der Waals surface area contributed by atoms with Crippen LogP contribution in [0.2, 0.25) is 0 Å². The van der Waals surface area contributed by atoms with Crippen molar-refractivity contribution in [2.45, 2.75) is 12.3 Å². The van der Waals surface area contributed by atoms with Gasteiger partial charge < -0.3 is 24.1 Å². The third-order valence-corrected chi connectivity index (χ3v) is 4.18. The molecular formula is C19H20O6. The summed E-state index contributed by atoms with van der Waals surface area (Å²) in [5, 5.41) is 9.74. The fourth-order valence-electron chi connectivity index (χ4n) is 2.89. The number of hydrogen-bond donors (Lipinski definition) is 1. The van der Waals surface area contributed by atoms with Crippen LogP contribution in [-0.4, -0.2) is 38.5 Å². The van der Waals surface area contributed by atoms with Crippen LogP contribution in [0, 0.1) is 0 Å². The first-order chi connectivity index (χ1) is 12.1. The van der Waals surface area contributed by atoms with Gasteiger partial charge >= 0.3 is 5.97 Å². The number of carboxylic acids is 1. The largest absolute Gasteiger partial charge is 0.497 e. The van der Waals surface area contributed by atoms with E-state index in [4.69, 9.17) is 18.9 Å². The van der Waals surface area contributed by atoms with Crippen molar-refractivity contribution >= 4 is 5.97 Å². The van der Waals surface area contributed by atoms with Crippen molar-refractivity contribution in [2.75, 3.05) is 27.4 Å². The van der Waals surface area contributed by atoms with E-state index in [0.717, 1.165) is 5.56 Å². The molecule has 1 unspecified atom stereocenters. The summed E-state index contributed by atoms with van der Waals surface area (Å²) in [4.78, 5) is 11.9. The van der Waals surface area contributed by atoms with Gasteiger partial charge in [0.1, 0.15) is 24.7 Å². The normalized spacial score (nSPS) is 13.8. The number of aliphatic carboxylic acids is 1. The molecule has 1 N–H and O–H groups in total. The average Bonchev–Trinajstić information content (AvgIpc) is 2.65. The molecule has 0 saturated carbocycles. The number of hydrogen-bond acceptors (Lipinski definition) is 5. The third-order valence-electron chi connectivity index (χ3n) is 4.18. The second kappa shape index (κ2) is 7.34. The van der Waals surface area contributed by atoms with Crippen LogP contribution in [-0.2, 0) is 11.2 Å². The van der Waals surface area contributed by atoms with Gasteiger partial charge in [0.05, 0.1) is 20.1 Å². The van der Waals surface area contributed by atoms with Gasteiger partial charge in [-0.2, -0.15) is 0 Å². The highest BCUT2D eigenvalue weighted by Gasteiger charge is 2.24. The molecular weight excluding hydrogens is 324 g/mol. The van der Waals surface area contributed by atoms with Crippen LogP contribution in [0.4, 0.5) is 0 Å². The number of fused-ring (bicyclic) bond motifs is 1. The van der Waals surface area contributed by atoms with Gasteiger partial charge in [0.15, 0.2) is 11.5 Å². The number of methoxy groups -OCH3 is 2. The average molecular weight is 344 g/mol. The first-order valence-electron chi connectivity index (χ1n) is 7.95. The van der Waals surface area contributed by atoms with E-state index in [1.165, 1.54) is 0 Å². The monoisotopic (exact) mass is 344 g/mol. The predicted octanol–water partition coefficient (Wildman–Crippen LogP) is 2.89. The lowest BCUT2D eigenvalue weighted by molar-refractivity contribution is -0.138. The zero-order chi connectivity index (χ0) is 17.8. The Bertz CT molecular complexity index is 771. The molecule has 3 rings (SSSR count). The van der Waals surface area contributed by atoms with Gasteiger partial charge in [0.25, 0.3) is 0 Å². The van der Waals surface area contributed by atoms with E-state index in [1.54, 1.807) is 50.6 Å². The van der Waals surface area contributed by atoms with E-state index in [2.05, 4.69) is 0 Å². The summed E-state index contributed by atoms with van der Waals surface area (Å²) in [6.45, 7) is 0.952. The zero-order valence-electron chi connectivity index (χ0n) is 14.2. The molecule has 0 spiro atoms. The smallest absolute Gasteiger partial charge is 0.311 e. The molecule has 1 heterocycles. The van der Waals surface area contributed by atoms with Gasteiger partial charge in [-0.3, -0.25) is 4.79 Å². The van der Waals surface area contributed by atoms with Gasteiger partial charge in [0.2, 0.25) is 0 Å². The van der Waals surface area contributed by atoms with Crippen molar-refractivity contribution in [3.05, 3.63) is 47.5 Å². The molecule has 0 radical (unpaired) electrons. The molecule has 0 aliphatic carbocycles. The molecule has 1 atom stereocenters. The van der Waals surface area contributed by atoms with Gasteiger partial charge in [-0.05, 0) is 47.9 Å². The minimum atomic E-state index is -0.915. The molecule has 0 amide bonds. The Labute approximate surface area is 145 Å². The summed E-state index contributed by atoms with van der Waals surface area (Å²) in [5.74, 6) is 0.843. The van der Waals surface area contributed by atoms with Crippen molar-refractivity contribution < 1.29 is 28.8 Å². The van der Waals surface area contributed by atoms with E-state index >= 15 is 0 Å². The summed E-state index contributed by atoms with van der Waals surface area (Å²) >= 11 is 0. The maximum absolute atomic E-state index is 11.9. The number of benzene rings is 2. The molecule has 2 aromatic carbocycles. The lowest BCUT2D eigenvalue weighted by atomic mass is 9.91. The molecule has 0 aromatic heterocycles. The Morgan fingerprint density at radius 3 is 2.52 bits per heavy atom. The lowest BCUT2D eigenvalue weighted by Gasteiger charge is -2.21. The maximum atomic E-state index is 11.9. The molecule has 6 nitrogen and oxygen atoms in total. The van der Waals surface area contributed by atoms with Gasteiger partial charge in [0, 0.05) is 0 Å². The number of carbonyl (C=O) groups is 1. The van der Waals surface area contributed by atoms with E-state index in [-0.39, 0.29) is 6.42 Å². The number of rotatable bonds is 6. The Morgan fingerprint density at radius 1 is 1.08 bits per heavy atom. The van der Waals surface area contributed by atoms with Crippen LogP contribution in [0.1, 0.15) is 17.0 Å². The van der Waals surface area contributed by atoms with Crippen molar-refractivity contribution in [2.24, 2.45) is 0 Å². The van der Waals surface area contributed by atoms with Crippen molar-refractivity contribution in [1.29, 1.82) is 0 Å². The van der Waals surface area contributed by atoms with Crippen LogP contribution in [0.3, 0.4) is 0 Å².